The van der Waals surface area contributed by atoms with E-state index in [1.807, 2.05) is 12.1 Å². The highest BCUT2D eigenvalue weighted by molar-refractivity contribution is 9.10. The van der Waals surface area contributed by atoms with E-state index in [1.165, 1.54) is 33.0 Å². The van der Waals surface area contributed by atoms with Gasteiger partial charge in [0, 0.05) is 15.8 Å². The van der Waals surface area contributed by atoms with Crippen LogP contribution in [0.25, 0.3) is 33.0 Å². The SMILES string of the molecule is Brc1ccc(Nc2ccc(-c3cccc(-c4cccc5ccccc45)c3)cc2)cc1. The largest absolute Gasteiger partial charge is 0.356 e. The summed E-state index contributed by atoms with van der Waals surface area (Å²) in [5, 5.41) is 6.00. The number of benzene rings is 5. The summed E-state index contributed by atoms with van der Waals surface area (Å²) in [6.45, 7) is 0. The highest BCUT2D eigenvalue weighted by Crippen LogP contribution is 2.32. The van der Waals surface area contributed by atoms with Gasteiger partial charge in [0.05, 0.1) is 0 Å². The molecule has 2 heteroatoms. The van der Waals surface area contributed by atoms with E-state index in [4.69, 9.17) is 0 Å². The van der Waals surface area contributed by atoms with Gasteiger partial charge in [-0.15, -0.1) is 0 Å². The molecule has 1 nitrogen and oxygen atoms in total. The molecular weight excluding hydrogens is 430 g/mol. The molecule has 0 aromatic heterocycles. The Hall–Kier alpha value is -3.36. The second-order valence-electron chi connectivity index (χ2n) is 7.32. The number of halogens is 1. The average molecular weight is 450 g/mol. The minimum atomic E-state index is 1.07. The third kappa shape index (κ3) is 3.87. The summed E-state index contributed by atoms with van der Waals surface area (Å²) in [7, 11) is 0. The first-order valence-electron chi connectivity index (χ1n) is 9.97. The molecule has 0 atom stereocenters. The lowest BCUT2D eigenvalue weighted by molar-refractivity contribution is 1.53. The van der Waals surface area contributed by atoms with Gasteiger partial charge in [0.15, 0.2) is 0 Å². The predicted octanol–water partition coefficient (Wildman–Crippen LogP) is 8.68. The molecule has 5 rings (SSSR count). The minimum absolute atomic E-state index is 1.07. The highest BCUT2D eigenvalue weighted by atomic mass is 79.9. The lowest BCUT2D eigenvalue weighted by Gasteiger charge is -2.10. The fourth-order valence-corrected chi connectivity index (χ4v) is 4.05. The number of nitrogens with one attached hydrogen (secondary N) is 1. The van der Waals surface area contributed by atoms with Crippen LogP contribution in [-0.4, -0.2) is 0 Å². The van der Waals surface area contributed by atoms with Crippen molar-refractivity contribution >= 4 is 38.1 Å². The third-order valence-corrected chi connectivity index (χ3v) is 5.84. The highest BCUT2D eigenvalue weighted by Gasteiger charge is 2.06. The van der Waals surface area contributed by atoms with Gasteiger partial charge >= 0.3 is 0 Å². The summed E-state index contributed by atoms with van der Waals surface area (Å²) in [6.07, 6.45) is 0. The molecule has 0 unspecified atom stereocenters. The molecule has 0 spiro atoms. The van der Waals surface area contributed by atoms with Crippen LogP contribution in [0.3, 0.4) is 0 Å². The molecule has 30 heavy (non-hydrogen) atoms. The number of anilines is 2. The van der Waals surface area contributed by atoms with Gasteiger partial charge in [-0.3, -0.25) is 0 Å². The molecule has 1 N–H and O–H groups in total. The van der Waals surface area contributed by atoms with Gasteiger partial charge in [-0.2, -0.15) is 0 Å². The van der Waals surface area contributed by atoms with Gasteiger partial charge < -0.3 is 5.32 Å². The molecule has 0 radical (unpaired) electrons. The summed E-state index contributed by atoms with van der Waals surface area (Å²) in [5.74, 6) is 0. The Bertz CT molecular complexity index is 1300. The van der Waals surface area contributed by atoms with Gasteiger partial charge in [0.1, 0.15) is 0 Å². The van der Waals surface area contributed by atoms with E-state index >= 15 is 0 Å². The van der Waals surface area contributed by atoms with E-state index < -0.39 is 0 Å². The average Bonchev–Trinajstić information content (AvgIpc) is 2.81. The Labute approximate surface area is 185 Å². The smallest absolute Gasteiger partial charge is 0.0384 e. The molecule has 5 aromatic rings. The molecule has 0 heterocycles. The molecule has 0 saturated heterocycles. The first-order chi connectivity index (χ1) is 14.8. The van der Waals surface area contributed by atoms with Gasteiger partial charge in [0.2, 0.25) is 0 Å². The second kappa shape index (κ2) is 8.17. The van der Waals surface area contributed by atoms with Crippen molar-refractivity contribution in [2.24, 2.45) is 0 Å². The van der Waals surface area contributed by atoms with Gasteiger partial charge in [0.25, 0.3) is 0 Å². The first kappa shape index (κ1) is 18.7. The van der Waals surface area contributed by atoms with E-state index in [0.717, 1.165) is 15.8 Å². The first-order valence-corrected chi connectivity index (χ1v) is 10.8. The molecule has 0 aliphatic carbocycles. The van der Waals surface area contributed by atoms with E-state index in [0.29, 0.717) is 0 Å². The van der Waals surface area contributed by atoms with Crippen molar-refractivity contribution in [2.75, 3.05) is 5.32 Å². The number of rotatable bonds is 4. The van der Waals surface area contributed by atoms with Crippen LogP contribution in [0, 0.1) is 0 Å². The van der Waals surface area contributed by atoms with Crippen LogP contribution in [0.5, 0.6) is 0 Å². The maximum Gasteiger partial charge on any atom is 0.0384 e. The molecule has 5 aromatic carbocycles. The van der Waals surface area contributed by atoms with Crippen LogP contribution in [-0.2, 0) is 0 Å². The molecule has 0 amide bonds. The van der Waals surface area contributed by atoms with E-state index in [9.17, 15) is 0 Å². The van der Waals surface area contributed by atoms with Crippen molar-refractivity contribution < 1.29 is 0 Å². The Morgan fingerprint density at radius 3 is 1.93 bits per heavy atom. The van der Waals surface area contributed by atoms with E-state index in [-0.39, 0.29) is 0 Å². The summed E-state index contributed by atoms with van der Waals surface area (Å²) in [5.41, 5.74) is 7.08. The fraction of sp³-hybridized carbons (Fsp3) is 0. The van der Waals surface area contributed by atoms with Gasteiger partial charge in [-0.1, -0.05) is 88.7 Å². The van der Waals surface area contributed by atoms with Crippen molar-refractivity contribution in [1.82, 2.24) is 0 Å². The Kier molecular flexibility index (Phi) is 5.08. The number of hydrogen-bond donors (Lipinski definition) is 1. The minimum Gasteiger partial charge on any atom is -0.356 e. The van der Waals surface area contributed by atoms with Crippen LogP contribution in [0.1, 0.15) is 0 Å². The zero-order valence-electron chi connectivity index (χ0n) is 16.3. The second-order valence-corrected chi connectivity index (χ2v) is 8.23. The lowest BCUT2D eigenvalue weighted by atomic mass is 9.95. The Morgan fingerprint density at radius 1 is 0.500 bits per heavy atom. The van der Waals surface area contributed by atoms with Crippen molar-refractivity contribution in [1.29, 1.82) is 0 Å². The van der Waals surface area contributed by atoms with E-state index in [2.05, 4.69) is 124 Å². The van der Waals surface area contributed by atoms with Crippen molar-refractivity contribution in [3.63, 3.8) is 0 Å². The van der Waals surface area contributed by atoms with Gasteiger partial charge in [-0.25, -0.2) is 0 Å². The molecule has 0 aliphatic rings. The monoisotopic (exact) mass is 449 g/mol. The maximum absolute atomic E-state index is 3.47. The van der Waals surface area contributed by atoms with Crippen LogP contribution >= 0.6 is 15.9 Å². The van der Waals surface area contributed by atoms with Crippen LogP contribution in [0.15, 0.2) is 120 Å². The van der Waals surface area contributed by atoms with Crippen LogP contribution in [0.2, 0.25) is 0 Å². The van der Waals surface area contributed by atoms with Crippen LogP contribution < -0.4 is 5.32 Å². The van der Waals surface area contributed by atoms with Gasteiger partial charge in [-0.05, 0) is 75.5 Å². The number of fused-ring (bicyclic) bond motifs is 1. The summed E-state index contributed by atoms with van der Waals surface area (Å²) in [4.78, 5) is 0. The third-order valence-electron chi connectivity index (χ3n) is 5.31. The summed E-state index contributed by atoms with van der Waals surface area (Å²) < 4.78 is 1.08. The van der Waals surface area contributed by atoms with E-state index in [1.54, 1.807) is 0 Å². The zero-order chi connectivity index (χ0) is 20.3. The quantitative estimate of drug-likeness (QED) is 0.289. The molecule has 144 valence electrons. The molecule has 0 aliphatic heterocycles. The normalized spacial score (nSPS) is 10.8. The molecule has 0 saturated carbocycles. The van der Waals surface area contributed by atoms with Crippen LogP contribution in [0.4, 0.5) is 11.4 Å². The lowest BCUT2D eigenvalue weighted by Crippen LogP contribution is -1.90. The standard InChI is InChI=1S/C28H20BrN/c29-24-13-17-26(18-14-24)30-25-15-11-20(12-16-25)22-7-3-8-23(19-22)28-10-4-6-21-5-1-2-9-27(21)28/h1-19,30H. The predicted molar refractivity (Wildman–Crippen MR) is 132 cm³/mol. The Morgan fingerprint density at radius 2 is 1.13 bits per heavy atom. The van der Waals surface area contributed by atoms with Crippen molar-refractivity contribution in [3.05, 3.63) is 120 Å². The summed E-state index contributed by atoms with van der Waals surface area (Å²) in [6, 6.07) is 40.6. The Balaban J connectivity index is 1.44. The molecular formula is C28H20BrN. The van der Waals surface area contributed by atoms with Crippen molar-refractivity contribution in [3.8, 4) is 22.3 Å². The van der Waals surface area contributed by atoms with Crippen molar-refractivity contribution in [2.45, 2.75) is 0 Å². The fourth-order valence-electron chi connectivity index (χ4n) is 3.79. The maximum atomic E-state index is 3.47. The molecule has 0 bridgehead atoms. The molecule has 0 fully saturated rings. The topological polar surface area (TPSA) is 12.0 Å². The summed E-state index contributed by atoms with van der Waals surface area (Å²) >= 11 is 3.47. The number of hydrogen-bond acceptors (Lipinski definition) is 1. The zero-order valence-corrected chi connectivity index (χ0v) is 17.9.